The summed E-state index contributed by atoms with van der Waals surface area (Å²) in [5.41, 5.74) is 12.3. The molecule has 0 aliphatic carbocycles. The number of aromatic nitrogens is 1. The van der Waals surface area contributed by atoms with Crippen LogP contribution in [0.4, 0.5) is 0 Å². The van der Waals surface area contributed by atoms with Crippen LogP contribution in [0.3, 0.4) is 0 Å². The van der Waals surface area contributed by atoms with Gasteiger partial charge in [0.05, 0.1) is 6.61 Å². The van der Waals surface area contributed by atoms with E-state index in [2.05, 4.69) is 15.6 Å². The lowest BCUT2D eigenvalue weighted by molar-refractivity contribution is -0.143. The third kappa shape index (κ3) is 6.83. The largest absolute Gasteiger partial charge is 0.480 e. The maximum atomic E-state index is 13.1. The van der Waals surface area contributed by atoms with Crippen LogP contribution in [0.25, 0.3) is 10.9 Å². The monoisotopic (exact) mass is 516 g/mol. The second-order valence-electron chi connectivity index (χ2n) is 9.01. The number of carbonyl (C=O) groups is 5. The first-order valence-electron chi connectivity index (χ1n) is 12.0. The summed E-state index contributed by atoms with van der Waals surface area (Å²) in [6.07, 6.45) is 2.09. The minimum Gasteiger partial charge on any atom is -0.480 e. The van der Waals surface area contributed by atoms with Gasteiger partial charge in [-0.15, -0.1) is 0 Å². The van der Waals surface area contributed by atoms with Gasteiger partial charge in [0, 0.05) is 36.5 Å². The molecule has 3 rings (SSSR count). The number of rotatable bonds is 12. The van der Waals surface area contributed by atoms with E-state index in [0.29, 0.717) is 18.4 Å². The molecular weight excluding hydrogens is 484 g/mol. The molecule has 2 heterocycles. The minimum atomic E-state index is -1.31. The molecule has 1 aromatic heterocycles. The number of carboxylic acid groups (broad SMARTS) is 1. The number of likely N-dealkylation sites (tertiary alicyclic amines) is 1. The van der Waals surface area contributed by atoms with Crippen molar-refractivity contribution < 1.29 is 34.2 Å². The Kier molecular flexibility index (Phi) is 9.20. The summed E-state index contributed by atoms with van der Waals surface area (Å²) in [7, 11) is 0. The highest BCUT2D eigenvalue weighted by atomic mass is 16.4. The molecule has 4 atom stereocenters. The van der Waals surface area contributed by atoms with E-state index in [9.17, 15) is 34.2 Å². The summed E-state index contributed by atoms with van der Waals surface area (Å²) < 4.78 is 0. The predicted molar refractivity (Wildman–Crippen MR) is 132 cm³/mol. The van der Waals surface area contributed by atoms with Crippen molar-refractivity contribution in [2.24, 2.45) is 11.5 Å². The Morgan fingerprint density at radius 2 is 1.86 bits per heavy atom. The van der Waals surface area contributed by atoms with Crippen LogP contribution < -0.4 is 22.1 Å². The zero-order valence-corrected chi connectivity index (χ0v) is 20.2. The number of nitrogens with one attached hydrogen (secondary N) is 3. The molecule has 1 fully saturated rings. The Labute approximate surface area is 212 Å². The molecular formula is C24H32N6O7. The number of aliphatic hydroxyl groups excluding tert-OH is 1. The first kappa shape index (κ1) is 27.6. The molecule has 1 aliphatic rings. The van der Waals surface area contributed by atoms with Gasteiger partial charge in [-0.05, 0) is 30.9 Å². The fraction of sp³-hybridized carbons (Fsp3) is 0.458. The van der Waals surface area contributed by atoms with Gasteiger partial charge in [-0.3, -0.25) is 19.2 Å². The highest BCUT2D eigenvalue weighted by molar-refractivity contribution is 5.95. The number of nitrogens with two attached hydrogens (primary N) is 2. The number of para-hydroxylation sites is 1. The summed E-state index contributed by atoms with van der Waals surface area (Å²) in [5.74, 6) is -4.02. The molecule has 0 spiro atoms. The standard InChI is InChI=1S/C24H32N6O7/c25-15(12-31)23(35)30-9-3-6-19(30)22(34)28-17(7-8-20(26)32)21(33)29-18(24(36)37)10-13-11-27-16-5-2-1-4-14(13)16/h1-2,4-5,11,15,17-19,27,31H,3,6-10,12,25H2,(H2,26,32)(H,28,34)(H,29,33)(H,36,37). The Bertz CT molecular complexity index is 1170. The van der Waals surface area contributed by atoms with Gasteiger partial charge in [-0.2, -0.15) is 0 Å². The molecule has 0 bridgehead atoms. The SMILES string of the molecule is NC(=O)CCC(NC(=O)C1CCCN1C(=O)C(N)CO)C(=O)NC(Cc1c[nH]c2ccccc12)C(=O)O. The second-order valence-corrected chi connectivity index (χ2v) is 9.01. The molecule has 13 nitrogen and oxygen atoms in total. The molecule has 2 aromatic rings. The molecule has 37 heavy (non-hydrogen) atoms. The van der Waals surface area contributed by atoms with E-state index in [1.165, 1.54) is 4.90 Å². The van der Waals surface area contributed by atoms with E-state index in [1.807, 2.05) is 24.3 Å². The van der Waals surface area contributed by atoms with E-state index in [4.69, 9.17) is 11.5 Å². The maximum absolute atomic E-state index is 13.1. The molecule has 1 saturated heterocycles. The number of carboxylic acids is 1. The third-order valence-corrected chi connectivity index (χ3v) is 6.38. The van der Waals surface area contributed by atoms with Crippen molar-refractivity contribution in [1.29, 1.82) is 0 Å². The van der Waals surface area contributed by atoms with Gasteiger partial charge in [0.2, 0.25) is 23.6 Å². The van der Waals surface area contributed by atoms with E-state index in [-0.39, 0.29) is 25.8 Å². The zero-order chi connectivity index (χ0) is 27.1. The van der Waals surface area contributed by atoms with Gasteiger partial charge in [0.15, 0.2) is 0 Å². The van der Waals surface area contributed by atoms with Crippen LogP contribution in [0.5, 0.6) is 0 Å². The molecule has 1 aliphatic heterocycles. The summed E-state index contributed by atoms with van der Waals surface area (Å²) in [4.78, 5) is 66.2. The predicted octanol–water partition coefficient (Wildman–Crippen LogP) is -1.66. The number of hydrogen-bond acceptors (Lipinski definition) is 7. The summed E-state index contributed by atoms with van der Waals surface area (Å²) >= 11 is 0. The summed E-state index contributed by atoms with van der Waals surface area (Å²) in [5, 5.41) is 24.7. The Morgan fingerprint density at radius 3 is 2.54 bits per heavy atom. The van der Waals surface area contributed by atoms with Crippen molar-refractivity contribution in [2.45, 2.75) is 56.3 Å². The lowest BCUT2D eigenvalue weighted by Crippen LogP contribution is -2.57. The number of primary amides is 1. The number of aliphatic carboxylic acids is 1. The number of fused-ring (bicyclic) bond motifs is 1. The molecule has 0 saturated carbocycles. The maximum Gasteiger partial charge on any atom is 0.326 e. The molecule has 4 unspecified atom stereocenters. The van der Waals surface area contributed by atoms with Crippen LogP contribution in [-0.4, -0.2) is 87.0 Å². The zero-order valence-electron chi connectivity index (χ0n) is 20.2. The number of aliphatic hydroxyl groups is 1. The minimum absolute atomic E-state index is 0.0223. The van der Waals surface area contributed by atoms with Crippen molar-refractivity contribution in [3.8, 4) is 0 Å². The van der Waals surface area contributed by atoms with Crippen molar-refractivity contribution >= 4 is 40.5 Å². The third-order valence-electron chi connectivity index (χ3n) is 6.38. The van der Waals surface area contributed by atoms with Crippen molar-refractivity contribution in [3.63, 3.8) is 0 Å². The van der Waals surface area contributed by atoms with E-state index in [1.54, 1.807) is 6.20 Å². The van der Waals surface area contributed by atoms with Crippen LogP contribution in [0.1, 0.15) is 31.2 Å². The molecule has 13 heteroatoms. The van der Waals surface area contributed by atoms with E-state index < -0.39 is 60.4 Å². The quantitative estimate of drug-likeness (QED) is 0.173. The van der Waals surface area contributed by atoms with Crippen molar-refractivity contribution in [3.05, 3.63) is 36.0 Å². The van der Waals surface area contributed by atoms with Gasteiger partial charge in [-0.1, -0.05) is 18.2 Å². The van der Waals surface area contributed by atoms with Gasteiger partial charge >= 0.3 is 5.97 Å². The summed E-state index contributed by atoms with van der Waals surface area (Å²) in [6.45, 7) is -0.325. The van der Waals surface area contributed by atoms with Gasteiger partial charge in [0.25, 0.3) is 0 Å². The van der Waals surface area contributed by atoms with E-state index >= 15 is 0 Å². The van der Waals surface area contributed by atoms with Crippen LogP contribution in [-0.2, 0) is 30.4 Å². The number of carbonyl (C=O) groups excluding carboxylic acids is 4. The first-order valence-corrected chi connectivity index (χ1v) is 12.0. The van der Waals surface area contributed by atoms with Crippen LogP contribution in [0.15, 0.2) is 30.5 Å². The Morgan fingerprint density at radius 1 is 1.14 bits per heavy atom. The Hall–Kier alpha value is -3.97. The number of amides is 4. The number of benzene rings is 1. The summed E-state index contributed by atoms with van der Waals surface area (Å²) in [6, 6.07) is 2.64. The lowest BCUT2D eigenvalue weighted by atomic mass is 10.0. The van der Waals surface area contributed by atoms with Gasteiger partial charge in [0.1, 0.15) is 24.2 Å². The average molecular weight is 517 g/mol. The van der Waals surface area contributed by atoms with Gasteiger partial charge < -0.3 is 42.2 Å². The molecule has 1 aromatic carbocycles. The van der Waals surface area contributed by atoms with E-state index in [0.717, 1.165) is 10.9 Å². The average Bonchev–Trinajstić information content (AvgIpc) is 3.52. The number of hydrogen-bond donors (Lipinski definition) is 7. The highest BCUT2D eigenvalue weighted by Crippen LogP contribution is 2.20. The highest BCUT2D eigenvalue weighted by Gasteiger charge is 2.38. The number of H-pyrrole nitrogens is 1. The molecule has 9 N–H and O–H groups in total. The normalized spacial score (nSPS) is 17.7. The smallest absolute Gasteiger partial charge is 0.326 e. The lowest BCUT2D eigenvalue weighted by Gasteiger charge is -2.28. The molecule has 0 radical (unpaired) electrons. The fourth-order valence-electron chi connectivity index (χ4n) is 4.41. The van der Waals surface area contributed by atoms with Gasteiger partial charge in [-0.25, -0.2) is 4.79 Å². The Balaban J connectivity index is 1.73. The van der Waals surface area contributed by atoms with Crippen molar-refractivity contribution in [1.82, 2.24) is 20.5 Å². The van der Waals surface area contributed by atoms with Crippen LogP contribution in [0.2, 0.25) is 0 Å². The van der Waals surface area contributed by atoms with Crippen LogP contribution in [0, 0.1) is 0 Å². The molecule has 4 amide bonds. The topological polar surface area (TPSA) is 221 Å². The van der Waals surface area contributed by atoms with Crippen molar-refractivity contribution in [2.75, 3.05) is 13.2 Å². The first-order chi connectivity index (χ1) is 17.6. The van der Waals surface area contributed by atoms with Crippen LogP contribution >= 0.6 is 0 Å². The number of nitrogens with zero attached hydrogens (tertiary/aromatic N) is 1. The molecule has 200 valence electrons. The second kappa shape index (κ2) is 12.3. The fourth-order valence-corrected chi connectivity index (χ4v) is 4.41. The number of aromatic amines is 1.